The molecule has 0 aliphatic carbocycles. The maximum Gasteiger partial charge on any atom is 0.162 e. The molecule has 0 saturated heterocycles. The number of aliphatic hydroxyl groups is 1. The van der Waals surface area contributed by atoms with Gasteiger partial charge in [0.2, 0.25) is 0 Å². The summed E-state index contributed by atoms with van der Waals surface area (Å²) in [6.45, 7) is 1.95. The van der Waals surface area contributed by atoms with E-state index in [1.54, 1.807) is 0 Å². The fourth-order valence-electron chi connectivity index (χ4n) is 2.50. The van der Waals surface area contributed by atoms with Crippen LogP contribution in [0.2, 0.25) is 0 Å². The molecule has 0 aromatic heterocycles. The van der Waals surface area contributed by atoms with Gasteiger partial charge in [-0.2, -0.15) is 0 Å². The second-order valence-electron chi connectivity index (χ2n) is 5.04. The van der Waals surface area contributed by atoms with Crippen LogP contribution < -0.4 is 0 Å². The predicted octanol–water partition coefficient (Wildman–Crippen LogP) is 4.20. The number of hydrogen-bond acceptors (Lipinski definition) is 1. The van der Waals surface area contributed by atoms with Gasteiger partial charge in [0.1, 0.15) is 0 Å². The van der Waals surface area contributed by atoms with Crippen molar-refractivity contribution in [3.05, 3.63) is 71.3 Å². The van der Waals surface area contributed by atoms with Crippen molar-refractivity contribution in [3.8, 4) is 0 Å². The van der Waals surface area contributed by atoms with Crippen LogP contribution in [0.3, 0.4) is 0 Å². The number of benzene rings is 2. The Kier molecular flexibility index (Phi) is 4.50. The average Bonchev–Trinajstić information content (AvgIpc) is 2.45. The summed E-state index contributed by atoms with van der Waals surface area (Å²) in [6.07, 6.45) is 1.31. The lowest BCUT2D eigenvalue weighted by Crippen LogP contribution is -2.29. The SMILES string of the molecule is CCCC(O)(Cc1cccc(F)c1F)c1ccccc1. The molecular formula is C17H18F2O. The van der Waals surface area contributed by atoms with Crippen LogP contribution in [0.15, 0.2) is 48.5 Å². The van der Waals surface area contributed by atoms with Gasteiger partial charge in [-0.25, -0.2) is 8.78 Å². The first-order valence-corrected chi connectivity index (χ1v) is 6.77. The van der Waals surface area contributed by atoms with E-state index in [4.69, 9.17) is 0 Å². The molecule has 1 nitrogen and oxygen atoms in total. The third kappa shape index (κ3) is 3.05. The molecule has 20 heavy (non-hydrogen) atoms. The largest absolute Gasteiger partial charge is 0.385 e. The normalized spacial score (nSPS) is 14.0. The van der Waals surface area contributed by atoms with E-state index in [0.29, 0.717) is 6.42 Å². The molecule has 1 N–H and O–H groups in total. The van der Waals surface area contributed by atoms with Gasteiger partial charge in [-0.15, -0.1) is 0 Å². The van der Waals surface area contributed by atoms with Crippen molar-refractivity contribution in [1.82, 2.24) is 0 Å². The monoisotopic (exact) mass is 276 g/mol. The zero-order chi connectivity index (χ0) is 14.6. The van der Waals surface area contributed by atoms with Crippen molar-refractivity contribution in [2.75, 3.05) is 0 Å². The Labute approximate surface area is 117 Å². The van der Waals surface area contributed by atoms with Crippen molar-refractivity contribution >= 4 is 0 Å². The topological polar surface area (TPSA) is 20.2 Å². The van der Waals surface area contributed by atoms with Crippen molar-refractivity contribution in [2.45, 2.75) is 31.8 Å². The standard InChI is InChI=1S/C17H18F2O/c1-2-11-17(20,14-8-4-3-5-9-14)12-13-7-6-10-15(18)16(13)19/h3-10,20H,2,11-12H2,1H3. The predicted molar refractivity (Wildman–Crippen MR) is 75.3 cm³/mol. The van der Waals surface area contributed by atoms with Gasteiger partial charge in [-0.3, -0.25) is 0 Å². The highest BCUT2D eigenvalue weighted by molar-refractivity contribution is 5.28. The van der Waals surface area contributed by atoms with E-state index < -0.39 is 17.2 Å². The van der Waals surface area contributed by atoms with Crippen molar-refractivity contribution < 1.29 is 13.9 Å². The van der Waals surface area contributed by atoms with Crippen molar-refractivity contribution in [1.29, 1.82) is 0 Å². The highest BCUT2D eigenvalue weighted by Gasteiger charge is 2.30. The summed E-state index contributed by atoms with van der Waals surface area (Å²) in [4.78, 5) is 0. The zero-order valence-electron chi connectivity index (χ0n) is 11.4. The third-order valence-electron chi connectivity index (χ3n) is 3.49. The first kappa shape index (κ1) is 14.7. The van der Waals surface area contributed by atoms with Gasteiger partial charge in [-0.05, 0) is 23.6 Å². The van der Waals surface area contributed by atoms with Crippen LogP contribution in [0.25, 0.3) is 0 Å². The smallest absolute Gasteiger partial charge is 0.162 e. The minimum Gasteiger partial charge on any atom is -0.385 e. The lowest BCUT2D eigenvalue weighted by Gasteiger charge is -2.29. The summed E-state index contributed by atoms with van der Waals surface area (Å²) in [5.74, 6) is -1.76. The lowest BCUT2D eigenvalue weighted by molar-refractivity contribution is 0.0259. The molecule has 0 fully saturated rings. The van der Waals surface area contributed by atoms with E-state index in [2.05, 4.69) is 0 Å². The summed E-state index contributed by atoms with van der Waals surface area (Å²) >= 11 is 0. The molecule has 106 valence electrons. The molecule has 1 unspecified atom stereocenters. The molecule has 3 heteroatoms. The lowest BCUT2D eigenvalue weighted by atomic mass is 9.83. The van der Waals surface area contributed by atoms with E-state index in [-0.39, 0.29) is 12.0 Å². The highest BCUT2D eigenvalue weighted by atomic mass is 19.2. The zero-order valence-corrected chi connectivity index (χ0v) is 11.4. The summed E-state index contributed by atoms with van der Waals surface area (Å²) in [5.41, 5.74) is -0.250. The van der Waals surface area contributed by atoms with E-state index in [1.165, 1.54) is 12.1 Å². The van der Waals surface area contributed by atoms with Crippen LogP contribution in [-0.4, -0.2) is 5.11 Å². The second kappa shape index (κ2) is 6.14. The number of hydrogen-bond donors (Lipinski definition) is 1. The average molecular weight is 276 g/mol. The first-order chi connectivity index (χ1) is 9.57. The molecule has 0 aliphatic rings. The quantitative estimate of drug-likeness (QED) is 0.868. The van der Waals surface area contributed by atoms with Gasteiger partial charge >= 0.3 is 0 Å². The summed E-state index contributed by atoms with van der Waals surface area (Å²) < 4.78 is 27.1. The second-order valence-corrected chi connectivity index (χ2v) is 5.04. The third-order valence-corrected chi connectivity index (χ3v) is 3.49. The van der Waals surface area contributed by atoms with Crippen LogP contribution in [0.1, 0.15) is 30.9 Å². The molecule has 1 atom stereocenters. The Balaban J connectivity index is 2.37. The molecule has 0 aliphatic heterocycles. The van der Waals surface area contributed by atoms with Crippen LogP contribution in [-0.2, 0) is 12.0 Å². The molecule has 0 spiro atoms. The van der Waals surface area contributed by atoms with E-state index in [1.807, 2.05) is 37.3 Å². The molecule has 0 heterocycles. The van der Waals surface area contributed by atoms with Gasteiger partial charge < -0.3 is 5.11 Å². The van der Waals surface area contributed by atoms with E-state index in [9.17, 15) is 13.9 Å². The van der Waals surface area contributed by atoms with Crippen molar-refractivity contribution in [2.24, 2.45) is 0 Å². The molecule has 0 radical (unpaired) electrons. The van der Waals surface area contributed by atoms with Gasteiger partial charge in [0.25, 0.3) is 0 Å². The Morgan fingerprint density at radius 2 is 1.70 bits per heavy atom. The van der Waals surface area contributed by atoms with Crippen LogP contribution in [0.5, 0.6) is 0 Å². The Morgan fingerprint density at radius 1 is 1.00 bits per heavy atom. The molecule has 2 aromatic carbocycles. The van der Waals surface area contributed by atoms with E-state index in [0.717, 1.165) is 18.1 Å². The van der Waals surface area contributed by atoms with Crippen molar-refractivity contribution in [3.63, 3.8) is 0 Å². The maximum atomic E-state index is 13.8. The molecule has 0 bridgehead atoms. The van der Waals surface area contributed by atoms with Gasteiger partial charge in [-0.1, -0.05) is 55.8 Å². The highest BCUT2D eigenvalue weighted by Crippen LogP contribution is 2.31. The van der Waals surface area contributed by atoms with Crippen LogP contribution in [0.4, 0.5) is 8.78 Å². The Morgan fingerprint density at radius 3 is 2.35 bits per heavy atom. The molecular weight excluding hydrogens is 258 g/mol. The summed E-state index contributed by atoms with van der Waals surface area (Å²) in [6, 6.07) is 13.2. The number of halogens is 2. The molecule has 0 amide bonds. The first-order valence-electron chi connectivity index (χ1n) is 6.77. The summed E-state index contributed by atoms with van der Waals surface area (Å²) in [5, 5.41) is 10.9. The fourth-order valence-corrected chi connectivity index (χ4v) is 2.50. The minimum atomic E-state index is -1.18. The van der Waals surface area contributed by atoms with Gasteiger partial charge in [0, 0.05) is 6.42 Å². The minimum absolute atomic E-state index is 0.0639. The molecule has 2 aromatic rings. The molecule has 0 saturated carbocycles. The number of rotatable bonds is 5. The Hall–Kier alpha value is -1.74. The summed E-state index contributed by atoms with van der Waals surface area (Å²) in [7, 11) is 0. The Bertz CT molecular complexity index is 568. The van der Waals surface area contributed by atoms with E-state index >= 15 is 0 Å². The van der Waals surface area contributed by atoms with Gasteiger partial charge in [0.15, 0.2) is 11.6 Å². The fraction of sp³-hybridized carbons (Fsp3) is 0.294. The molecule has 2 rings (SSSR count). The van der Waals surface area contributed by atoms with Gasteiger partial charge in [0.05, 0.1) is 5.60 Å². The van der Waals surface area contributed by atoms with Crippen LogP contribution in [0, 0.1) is 11.6 Å². The maximum absolute atomic E-state index is 13.8. The van der Waals surface area contributed by atoms with Crippen LogP contribution >= 0.6 is 0 Å².